The molecule has 47 heavy (non-hydrogen) atoms. The Labute approximate surface area is 271 Å². The van der Waals surface area contributed by atoms with Crippen LogP contribution in [0.3, 0.4) is 0 Å². The lowest BCUT2D eigenvalue weighted by Crippen LogP contribution is -2.71. The van der Waals surface area contributed by atoms with Gasteiger partial charge in [0.2, 0.25) is 5.91 Å². The first-order chi connectivity index (χ1) is 22.2. The average molecular weight is 699 g/mol. The highest BCUT2D eigenvalue weighted by molar-refractivity contribution is 8.00. The molecule has 20 heteroatoms. The van der Waals surface area contributed by atoms with Gasteiger partial charge in [0.15, 0.2) is 10.8 Å². The van der Waals surface area contributed by atoms with E-state index in [-0.39, 0.29) is 28.2 Å². The van der Waals surface area contributed by atoms with Gasteiger partial charge in [-0.1, -0.05) is 23.4 Å². The number of carboxylic acids is 2. The van der Waals surface area contributed by atoms with Crippen LogP contribution in [0, 0.1) is 0 Å². The molecule has 1 aromatic carbocycles. The van der Waals surface area contributed by atoms with Crippen molar-refractivity contribution in [3.8, 4) is 5.75 Å². The van der Waals surface area contributed by atoms with E-state index in [0.29, 0.717) is 36.4 Å². The van der Waals surface area contributed by atoms with Crippen molar-refractivity contribution in [2.45, 2.75) is 30.6 Å². The second kappa shape index (κ2) is 14.1. The number of hydrogen-bond acceptors (Lipinski definition) is 12. The van der Waals surface area contributed by atoms with E-state index < -0.39 is 47.1 Å². The summed E-state index contributed by atoms with van der Waals surface area (Å²) >= 11 is 2.30. The summed E-state index contributed by atoms with van der Waals surface area (Å²) in [7, 11) is 1.56. The van der Waals surface area contributed by atoms with Gasteiger partial charge in [0.1, 0.15) is 28.6 Å². The summed E-state index contributed by atoms with van der Waals surface area (Å²) in [4.78, 5) is 66.7. The monoisotopic (exact) mass is 698 g/mol. The fraction of sp³-hybridized carbons (Fsp3) is 0.296. The van der Waals surface area contributed by atoms with Crippen LogP contribution in [0.25, 0.3) is 0 Å². The standard InChI is InChI=1S/C25H24N6O7S2.C2HF3O2/c1-38-16-5-3-2-4-13(16)9-30-7-6-12(21(30)33)8-14-10-39-23-18(22(34)31(23)19(14)24(35)36)28-20(32)17(29-37)15-11-40-25(26)27-15;3-2(4,5)1(6)7/h2-5,8,11,18,23,37H,6-7,9-10H2,1H3,(H2,26,27)(H,28,32)(H,35,36);(H,6,7)/t18-,23-;/m1./s1. The summed E-state index contributed by atoms with van der Waals surface area (Å²) in [6, 6.07) is 6.36. The Morgan fingerprint density at radius 1 is 1.23 bits per heavy atom. The van der Waals surface area contributed by atoms with E-state index in [4.69, 9.17) is 20.4 Å². The number of anilines is 1. The molecule has 3 aliphatic rings. The zero-order valence-electron chi connectivity index (χ0n) is 24.1. The number of halogens is 3. The molecule has 15 nitrogen and oxygen atoms in total. The quantitative estimate of drug-likeness (QED) is 0.0873. The summed E-state index contributed by atoms with van der Waals surface area (Å²) in [6.45, 7) is 0.810. The highest BCUT2D eigenvalue weighted by Crippen LogP contribution is 2.41. The Morgan fingerprint density at radius 2 is 1.91 bits per heavy atom. The number of benzene rings is 1. The number of thiazole rings is 1. The Balaban J connectivity index is 0.000000644. The van der Waals surface area contributed by atoms with Crippen molar-refractivity contribution in [2.24, 2.45) is 5.16 Å². The largest absolute Gasteiger partial charge is 0.496 e. The maximum Gasteiger partial charge on any atom is 0.490 e. The number of carbonyl (C=O) groups excluding carboxylic acids is 3. The normalized spacial score (nSPS) is 20.3. The summed E-state index contributed by atoms with van der Waals surface area (Å²) in [5, 5.41) is 32.8. The minimum absolute atomic E-state index is 0.0449. The molecule has 1 aromatic heterocycles. The number of rotatable bonds is 8. The number of carbonyl (C=O) groups is 5. The van der Waals surface area contributed by atoms with Crippen molar-refractivity contribution in [1.82, 2.24) is 20.1 Å². The van der Waals surface area contributed by atoms with Crippen LogP contribution < -0.4 is 15.8 Å². The number of carboxylic acid groups (broad SMARTS) is 2. The molecule has 3 aliphatic heterocycles. The van der Waals surface area contributed by atoms with E-state index in [9.17, 15) is 42.7 Å². The fourth-order valence-electron chi connectivity index (χ4n) is 4.77. The number of methoxy groups -OCH3 is 1. The molecule has 0 spiro atoms. The predicted octanol–water partition coefficient (Wildman–Crippen LogP) is 1.64. The van der Waals surface area contributed by atoms with Crippen LogP contribution >= 0.6 is 23.1 Å². The number of likely N-dealkylation sites (tertiary alicyclic amines) is 1. The van der Waals surface area contributed by atoms with E-state index in [1.54, 1.807) is 18.1 Å². The van der Waals surface area contributed by atoms with Gasteiger partial charge in [0.05, 0.1) is 7.11 Å². The number of nitrogens with two attached hydrogens (primary N) is 1. The zero-order valence-corrected chi connectivity index (χ0v) is 25.7. The molecule has 2 aromatic rings. The van der Waals surface area contributed by atoms with Crippen LogP contribution in [0.2, 0.25) is 0 Å². The third kappa shape index (κ3) is 7.49. The van der Waals surface area contributed by atoms with Gasteiger partial charge in [-0.2, -0.15) is 13.2 Å². The van der Waals surface area contributed by atoms with Crippen LogP contribution in [0.5, 0.6) is 5.75 Å². The average Bonchev–Trinajstić information content (AvgIpc) is 3.60. The molecule has 0 aliphatic carbocycles. The molecule has 0 unspecified atom stereocenters. The highest BCUT2D eigenvalue weighted by Gasteiger charge is 2.54. The van der Waals surface area contributed by atoms with Crippen molar-refractivity contribution < 1.29 is 57.3 Å². The fourth-order valence-corrected chi connectivity index (χ4v) is 6.63. The van der Waals surface area contributed by atoms with Crippen molar-refractivity contribution in [2.75, 3.05) is 25.1 Å². The van der Waals surface area contributed by atoms with Gasteiger partial charge in [-0.3, -0.25) is 19.3 Å². The van der Waals surface area contributed by atoms with Crippen molar-refractivity contribution >= 4 is 63.6 Å². The molecule has 2 atom stereocenters. The number of aliphatic carboxylic acids is 2. The van der Waals surface area contributed by atoms with E-state index in [2.05, 4.69) is 15.5 Å². The van der Waals surface area contributed by atoms with Gasteiger partial charge in [-0.25, -0.2) is 14.6 Å². The number of allylic oxidation sites excluding steroid dienone is 1. The lowest BCUT2D eigenvalue weighted by molar-refractivity contribution is -0.192. The molecule has 6 N–H and O–H groups in total. The number of nitrogens with zero attached hydrogens (tertiary/aromatic N) is 4. The Hall–Kier alpha value is -5.11. The van der Waals surface area contributed by atoms with E-state index in [1.807, 2.05) is 24.3 Å². The summed E-state index contributed by atoms with van der Waals surface area (Å²) in [6.07, 6.45) is -3.10. The number of alkyl halides is 3. The first-order valence-corrected chi connectivity index (χ1v) is 15.2. The van der Waals surface area contributed by atoms with Crippen LogP contribution in [-0.4, -0.2) is 103 Å². The van der Waals surface area contributed by atoms with Gasteiger partial charge in [0.25, 0.3) is 11.8 Å². The number of para-hydroxylation sites is 1. The van der Waals surface area contributed by atoms with Crippen molar-refractivity contribution in [3.63, 3.8) is 0 Å². The minimum Gasteiger partial charge on any atom is -0.496 e. The Bertz CT molecular complexity index is 1710. The van der Waals surface area contributed by atoms with Crippen molar-refractivity contribution in [3.05, 3.63) is 63.8 Å². The van der Waals surface area contributed by atoms with Gasteiger partial charge in [-0.05, 0) is 24.1 Å². The molecular weight excluding hydrogens is 673 g/mol. The molecule has 2 saturated heterocycles. The summed E-state index contributed by atoms with van der Waals surface area (Å²) in [5.41, 5.74) is 6.62. The van der Waals surface area contributed by atoms with Crippen LogP contribution in [-0.2, 0) is 30.5 Å². The number of oxime groups is 1. The first-order valence-electron chi connectivity index (χ1n) is 13.2. The van der Waals surface area contributed by atoms with E-state index in [0.717, 1.165) is 21.8 Å². The third-order valence-corrected chi connectivity index (χ3v) is 8.90. The van der Waals surface area contributed by atoms with E-state index in [1.165, 1.54) is 17.1 Å². The SMILES string of the molecule is COc1ccccc1CN1CCC(=CC2=C(C(=O)O)N3C(=O)[C@@H](NC(=O)C(=NO)c4csc(N)n4)[C@H]3SC2)C1=O.O=C(O)C(F)(F)F. The van der Waals surface area contributed by atoms with Crippen molar-refractivity contribution in [1.29, 1.82) is 0 Å². The highest BCUT2D eigenvalue weighted by atomic mass is 32.2. The smallest absolute Gasteiger partial charge is 0.490 e. The van der Waals surface area contributed by atoms with Crippen LogP contribution in [0.1, 0.15) is 17.7 Å². The summed E-state index contributed by atoms with van der Waals surface area (Å²) < 4.78 is 37.1. The first kappa shape index (κ1) is 34.8. The molecule has 5 rings (SSSR count). The number of fused-ring (bicyclic) bond motifs is 1. The van der Waals surface area contributed by atoms with Crippen LogP contribution in [0.15, 0.2) is 57.7 Å². The molecule has 0 radical (unpaired) electrons. The molecule has 4 heterocycles. The number of amides is 3. The topological polar surface area (TPSA) is 225 Å². The number of nitrogen functional groups attached to an aromatic ring is 1. The predicted molar refractivity (Wildman–Crippen MR) is 159 cm³/mol. The molecule has 3 amide bonds. The zero-order chi connectivity index (χ0) is 34.6. The maximum absolute atomic E-state index is 13.1. The molecular formula is C27H25F3N6O9S2. The number of nitrogens with one attached hydrogen (secondary N) is 1. The number of hydrogen-bond donors (Lipinski definition) is 5. The minimum atomic E-state index is -5.08. The molecule has 2 fully saturated rings. The third-order valence-electron chi connectivity index (χ3n) is 6.92. The second-order valence-corrected chi connectivity index (χ2v) is 11.8. The number of aromatic nitrogens is 1. The second-order valence-electron chi connectivity index (χ2n) is 9.82. The molecule has 250 valence electrons. The Kier molecular flexibility index (Phi) is 10.4. The maximum atomic E-state index is 13.1. The van der Waals surface area contributed by atoms with Crippen LogP contribution in [0.4, 0.5) is 18.3 Å². The van der Waals surface area contributed by atoms with Gasteiger partial charge < -0.3 is 36.1 Å². The summed E-state index contributed by atoms with van der Waals surface area (Å²) in [5.74, 6) is -4.90. The van der Waals surface area contributed by atoms with Gasteiger partial charge in [-0.15, -0.1) is 23.1 Å². The Morgan fingerprint density at radius 3 is 2.49 bits per heavy atom. The molecule has 0 bridgehead atoms. The lowest BCUT2D eigenvalue weighted by atomic mass is 10.0. The number of β-lactam (4-membered cyclic amide) rings is 1. The van der Waals surface area contributed by atoms with E-state index >= 15 is 0 Å². The number of ether oxygens (including phenoxy) is 1. The van der Waals surface area contributed by atoms with Gasteiger partial charge >= 0.3 is 18.1 Å². The number of thioether (sulfide) groups is 1. The van der Waals surface area contributed by atoms with Gasteiger partial charge in [0, 0.05) is 35.4 Å². The lowest BCUT2D eigenvalue weighted by Gasteiger charge is -2.49. The molecule has 0 saturated carbocycles.